The van der Waals surface area contributed by atoms with Gasteiger partial charge in [-0.1, -0.05) is 6.07 Å². The lowest BCUT2D eigenvalue weighted by molar-refractivity contribution is 0.209. The maximum atomic E-state index is 5.51. The van der Waals surface area contributed by atoms with Crippen LogP contribution in [0.5, 0.6) is 11.5 Å². The smallest absolute Gasteiger partial charge is 0.127 e. The minimum atomic E-state index is 0.584. The van der Waals surface area contributed by atoms with Gasteiger partial charge in [0.2, 0.25) is 0 Å². The molecule has 0 spiro atoms. The van der Waals surface area contributed by atoms with Crippen molar-refractivity contribution in [1.82, 2.24) is 10.2 Å². The Morgan fingerprint density at radius 3 is 2.33 bits per heavy atom. The number of benzene rings is 1. The van der Waals surface area contributed by atoms with Crippen LogP contribution in [0.4, 0.5) is 0 Å². The quantitative estimate of drug-likeness (QED) is 0.925. The van der Waals surface area contributed by atoms with E-state index in [0.717, 1.165) is 31.1 Å². The van der Waals surface area contributed by atoms with Crippen molar-refractivity contribution < 1.29 is 9.47 Å². The van der Waals surface area contributed by atoms with Crippen molar-refractivity contribution in [3.63, 3.8) is 0 Å². The van der Waals surface area contributed by atoms with Gasteiger partial charge in [0.1, 0.15) is 11.5 Å². The Morgan fingerprint density at radius 2 is 1.76 bits per heavy atom. The second kappa shape index (κ2) is 7.66. The molecule has 0 saturated carbocycles. The van der Waals surface area contributed by atoms with Crippen LogP contribution in [0, 0.1) is 0 Å². The second-order valence-corrected chi connectivity index (χ2v) is 6.00. The first-order valence-electron chi connectivity index (χ1n) is 7.81. The molecule has 0 aromatic heterocycles. The van der Waals surface area contributed by atoms with Crippen molar-refractivity contribution in [1.29, 1.82) is 0 Å². The Hall–Kier alpha value is -1.26. The van der Waals surface area contributed by atoms with Gasteiger partial charge in [0.25, 0.3) is 0 Å². The van der Waals surface area contributed by atoms with Crippen LogP contribution >= 0.6 is 0 Å². The van der Waals surface area contributed by atoms with Gasteiger partial charge < -0.3 is 14.8 Å². The highest BCUT2D eigenvalue weighted by atomic mass is 16.5. The maximum absolute atomic E-state index is 5.51. The fourth-order valence-corrected chi connectivity index (χ4v) is 2.90. The molecule has 21 heavy (non-hydrogen) atoms. The predicted molar refractivity (Wildman–Crippen MR) is 86.1 cm³/mol. The van der Waals surface area contributed by atoms with Crippen molar-refractivity contribution in [2.45, 2.75) is 45.3 Å². The predicted octanol–water partition coefficient (Wildman–Crippen LogP) is 2.67. The number of methoxy groups -OCH3 is 2. The molecule has 2 unspecified atom stereocenters. The molecule has 1 saturated heterocycles. The average molecular weight is 292 g/mol. The first kappa shape index (κ1) is 16.1. The van der Waals surface area contributed by atoms with Crippen molar-refractivity contribution >= 4 is 0 Å². The van der Waals surface area contributed by atoms with Crippen LogP contribution in [-0.4, -0.2) is 44.3 Å². The van der Waals surface area contributed by atoms with Crippen LogP contribution in [0.3, 0.4) is 0 Å². The lowest BCUT2D eigenvalue weighted by Gasteiger charge is -2.31. The number of hydrogen-bond acceptors (Lipinski definition) is 4. The number of nitrogens with zero attached hydrogens (tertiary/aromatic N) is 1. The second-order valence-electron chi connectivity index (χ2n) is 6.00. The molecule has 4 nitrogen and oxygen atoms in total. The molecule has 2 atom stereocenters. The molecule has 0 bridgehead atoms. The topological polar surface area (TPSA) is 33.7 Å². The zero-order chi connectivity index (χ0) is 15.2. The standard InChI is InChI=1S/C17H28N2O2/c1-13-7-9-19(10-8-14(2)18-13)12-15-5-6-16(20-3)11-17(15)21-4/h5-6,11,13-14,18H,7-10,12H2,1-4H3. The summed E-state index contributed by atoms with van der Waals surface area (Å²) in [6.45, 7) is 7.72. The van der Waals surface area contributed by atoms with Crippen LogP contribution in [-0.2, 0) is 6.54 Å². The Bertz CT molecular complexity index is 438. The molecule has 0 radical (unpaired) electrons. The third-order valence-electron chi connectivity index (χ3n) is 4.21. The summed E-state index contributed by atoms with van der Waals surface area (Å²) >= 11 is 0. The monoisotopic (exact) mass is 292 g/mol. The van der Waals surface area contributed by atoms with Gasteiger partial charge >= 0.3 is 0 Å². The summed E-state index contributed by atoms with van der Waals surface area (Å²) in [5, 5.41) is 3.64. The SMILES string of the molecule is COc1ccc(CN2CCC(C)NC(C)CC2)c(OC)c1. The normalized spacial score (nSPS) is 24.2. The van der Waals surface area contributed by atoms with Crippen molar-refractivity contribution in [2.24, 2.45) is 0 Å². The summed E-state index contributed by atoms with van der Waals surface area (Å²) in [5.41, 5.74) is 1.23. The summed E-state index contributed by atoms with van der Waals surface area (Å²) in [6, 6.07) is 7.25. The molecule has 1 aromatic carbocycles. The lowest BCUT2D eigenvalue weighted by atomic mass is 10.1. The van der Waals surface area contributed by atoms with E-state index < -0.39 is 0 Å². The Morgan fingerprint density at radius 1 is 1.10 bits per heavy atom. The van der Waals surface area contributed by atoms with Gasteiger partial charge in [0.15, 0.2) is 0 Å². The highest BCUT2D eigenvalue weighted by molar-refractivity contribution is 5.40. The highest BCUT2D eigenvalue weighted by Gasteiger charge is 2.17. The van der Waals surface area contributed by atoms with Gasteiger partial charge in [-0.15, -0.1) is 0 Å². The summed E-state index contributed by atoms with van der Waals surface area (Å²) in [4.78, 5) is 2.53. The van der Waals surface area contributed by atoms with Gasteiger partial charge in [-0.05, 0) is 45.8 Å². The number of nitrogens with one attached hydrogen (secondary N) is 1. The van der Waals surface area contributed by atoms with E-state index in [9.17, 15) is 0 Å². The molecule has 1 aromatic rings. The fourth-order valence-electron chi connectivity index (χ4n) is 2.90. The van der Waals surface area contributed by atoms with E-state index in [2.05, 4.69) is 30.1 Å². The highest BCUT2D eigenvalue weighted by Crippen LogP contribution is 2.26. The van der Waals surface area contributed by atoms with Crippen molar-refractivity contribution in [3.05, 3.63) is 23.8 Å². The molecular formula is C17H28N2O2. The summed E-state index contributed by atoms with van der Waals surface area (Å²) in [6.07, 6.45) is 2.37. The van der Waals surface area contributed by atoms with E-state index in [0.29, 0.717) is 12.1 Å². The van der Waals surface area contributed by atoms with Crippen molar-refractivity contribution in [3.8, 4) is 11.5 Å². The lowest BCUT2D eigenvalue weighted by Crippen LogP contribution is -2.42. The first-order valence-corrected chi connectivity index (χ1v) is 7.81. The molecule has 1 aliphatic heterocycles. The van der Waals surface area contributed by atoms with E-state index >= 15 is 0 Å². The van der Waals surface area contributed by atoms with Gasteiger partial charge in [0, 0.05) is 30.3 Å². The fraction of sp³-hybridized carbons (Fsp3) is 0.647. The van der Waals surface area contributed by atoms with Gasteiger partial charge in [-0.3, -0.25) is 4.90 Å². The van der Waals surface area contributed by atoms with E-state index in [-0.39, 0.29) is 0 Å². The number of ether oxygens (including phenoxy) is 2. The molecular weight excluding hydrogens is 264 g/mol. The minimum absolute atomic E-state index is 0.584. The van der Waals surface area contributed by atoms with Crippen LogP contribution < -0.4 is 14.8 Å². The molecule has 4 heteroatoms. The average Bonchev–Trinajstić information content (AvgIpc) is 2.48. The Balaban J connectivity index is 2.05. The first-order chi connectivity index (χ1) is 10.1. The Labute approximate surface area is 128 Å². The number of hydrogen-bond donors (Lipinski definition) is 1. The van der Waals surface area contributed by atoms with Gasteiger partial charge in [-0.25, -0.2) is 0 Å². The minimum Gasteiger partial charge on any atom is -0.497 e. The van der Waals surface area contributed by atoms with E-state index in [1.807, 2.05) is 12.1 Å². The summed E-state index contributed by atoms with van der Waals surface area (Å²) in [7, 11) is 3.41. The third kappa shape index (κ3) is 4.61. The van der Waals surface area contributed by atoms with E-state index in [1.165, 1.54) is 18.4 Å². The zero-order valence-corrected chi connectivity index (χ0v) is 13.7. The molecule has 0 amide bonds. The van der Waals surface area contributed by atoms with Crippen LogP contribution in [0.15, 0.2) is 18.2 Å². The molecule has 1 aliphatic rings. The third-order valence-corrected chi connectivity index (χ3v) is 4.21. The van der Waals surface area contributed by atoms with Crippen LogP contribution in [0.25, 0.3) is 0 Å². The molecule has 118 valence electrons. The van der Waals surface area contributed by atoms with Crippen LogP contribution in [0.1, 0.15) is 32.3 Å². The number of rotatable bonds is 4. The molecule has 1 heterocycles. The Kier molecular flexibility index (Phi) is 5.88. The van der Waals surface area contributed by atoms with Gasteiger partial charge in [-0.2, -0.15) is 0 Å². The van der Waals surface area contributed by atoms with E-state index in [1.54, 1.807) is 14.2 Å². The van der Waals surface area contributed by atoms with Gasteiger partial charge in [0.05, 0.1) is 14.2 Å². The molecule has 2 rings (SSSR count). The summed E-state index contributed by atoms with van der Waals surface area (Å²) in [5.74, 6) is 1.75. The molecule has 1 fully saturated rings. The maximum Gasteiger partial charge on any atom is 0.127 e. The van der Waals surface area contributed by atoms with E-state index in [4.69, 9.17) is 9.47 Å². The van der Waals surface area contributed by atoms with Crippen LogP contribution in [0.2, 0.25) is 0 Å². The molecule has 0 aliphatic carbocycles. The van der Waals surface area contributed by atoms with Crippen molar-refractivity contribution in [2.75, 3.05) is 27.3 Å². The largest absolute Gasteiger partial charge is 0.497 e. The zero-order valence-electron chi connectivity index (χ0n) is 13.7. The summed E-state index contributed by atoms with van der Waals surface area (Å²) < 4.78 is 10.8. The molecule has 1 N–H and O–H groups in total.